The molecule has 8 heteroatoms. The number of rotatable bonds is 6. The van der Waals surface area contributed by atoms with Crippen LogP contribution in [0.4, 0.5) is 0 Å². The highest BCUT2D eigenvalue weighted by Crippen LogP contribution is 2.35. The maximum absolute atomic E-state index is 11.9. The van der Waals surface area contributed by atoms with Crippen LogP contribution >= 0.6 is 11.8 Å². The van der Waals surface area contributed by atoms with E-state index in [0.29, 0.717) is 16.4 Å². The number of ketones is 1. The number of methoxy groups -OCH3 is 1. The first-order valence-electron chi connectivity index (χ1n) is 6.87. The molecule has 2 heterocycles. The van der Waals surface area contributed by atoms with Crippen molar-refractivity contribution in [2.75, 3.05) is 7.11 Å². The molecule has 0 bridgehead atoms. The summed E-state index contributed by atoms with van der Waals surface area (Å²) in [5.41, 5.74) is 0.413. The summed E-state index contributed by atoms with van der Waals surface area (Å²) in [5, 5.41) is 16.7. The Labute approximate surface area is 141 Å². The number of carbonyl (C=O) groups is 1. The summed E-state index contributed by atoms with van der Waals surface area (Å²) < 4.78 is 10.6. The van der Waals surface area contributed by atoms with Gasteiger partial charge in [-0.05, 0) is 24.3 Å². The molecular formula is C16H13N3O4S. The SMILES string of the molecule is COc1cccc(Sc2occc2C(O)=CC(=O)c2ncn[nH]2)c1. The van der Waals surface area contributed by atoms with Gasteiger partial charge in [-0.3, -0.25) is 9.89 Å². The van der Waals surface area contributed by atoms with Crippen molar-refractivity contribution in [2.24, 2.45) is 0 Å². The monoisotopic (exact) mass is 343 g/mol. The van der Waals surface area contributed by atoms with Gasteiger partial charge in [0.15, 0.2) is 10.9 Å². The number of nitrogens with zero attached hydrogens (tertiary/aromatic N) is 2. The Balaban J connectivity index is 1.83. The van der Waals surface area contributed by atoms with Gasteiger partial charge >= 0.3 is 0 Å². The molecule has 0 radical (unpaired) electrons. The average Bonchev–Trinajstić information content (AvgIpc) is 3.26. The first-order valence-corrected chi connectivity index (χ1v) is 7.69. The fraction of sp³-hybridized carbons (Fsp3) is 0.0625. The van der Waals surface area contributed by atoms with Crippen LogP contribution in [-0.2, 0) is 0 Å². The molecule has 0 saturated carbocycles. The molecule has 0 atom stereocenters. The molecule has 0 amide bonds. The quantitative estimate of drug-likeness (QED) is 0.402. The Bertz CT molecular complexity index is 871. The van der Waals surface area contributed by atoms with E-state index in [-0.39, 0.29) is 11.6 Å². The highest BCUT2D eigenvalue weighted by molar-refractivity contribution is 7.99. The van der Waals surface area contributed by atoms with Gasteiger partial charge in [-0.2, -0.15) is 5.10 Å². The van der Waals surface area contributed by atoms with Crippen LogP contribution in [0.15, 0.2) is 63.4 Å². The van der Waals surface area contributed by atoms with E-state index in [2.05, 4.69) is 15.2 Å². The van der Waals surface area contributed by atoms with Crippen molar-refractivity contribution in [2.45, 2.75) is 9.99 Å². The van der Waals surface area contributed by atoms with E-state index in [9.17, 15) is 9.90 Å². The fourth-order valence-corrected chi connectivity index (χ4v) is 2.85. The van der Waals surface area contributed by atoms with E-state index < -0.39 is 5.78 Å². The number of allylic oxidation sites excluding steroid dienone is 1. The maximum atomic E-state index is 11.9. The summed E-state index contributed by atoms with van der Waals surface area (Å²) in [6.45, 7) is 0. The van der Waals surface area contributed by atoms with Gasteiger partial charge in [-0.15, -0.1) is 0 Å². The molecule has 1 aromatic carbocycles. The molecule has 122 valence electrons. The molecule has 3 rings (SSSR count). The van der Waals surface area contributed by atoms with Crippen LogP contribution in [0.25, 0.3) is 5.76 Å². The van der Waals surface area contributed by atoms with E-state index in [4.69, 9.17) is 9.15 Å². The van der Waals surface area contributed by atoms with Crippen LogP contribution in [0.3, 0.4) is 0 Å². The third-order valence-electron chi connectivity index (χ3n) is 3.07. The number of aliphatic hydroxyl groups is 1. The van der Waals surface area contributed by atoms with Gasteiger partial charge in [0.25, 0.3) is 0 Å². The van der Waals surface area contributed by atoms with Gasteiger partial charge < -0.3 is 14.3 Å². The Morgan fingerprint density at radius 2 is 2.29 bits per heavy atom. The van der Waals surface area contributed by atoms with Crippen LogP contribution in [0.5, 0.6) is 5.75 Å². The number of hydrogen-bond donors (Lipinski definition) is 2. The number of ether oxygens (including phenoxy) is 1. The lowest BCUT2D eigenvalue weighted by molar-refractivity contribution is 0.103. The van der Waals surface area contributed by atoms with Crippen molar-refractivity contribution in [3.05, 3.63) is 60.4 Å². The second kappa shape index (κ2) is 7.05. The lowest BCUT2D eigenvalue weighted by atomic mass is 10.2. The minimum absolute atomic E-state index is 0.0482. The minimum atomic E-state index is -0.483. The maximum Gasteiger partial charge on any atom is 0.226 e. The average molecular weight is 343 g/mol. The van der Waals surface area contributed by atoms with E-state index in [1.165, 1.54) is 24.4 Å². The predicted octanol–water partition coefficient (Wildman–Crippen LogP) is 3.34. The number of aliphatic hydroxyl groups excluding tert-OH is 1. The van der Waals surface area contributed by atoms with Crippen LogP contribution in [-0.4, -0.2) is 33.2 Å². The van der Waals surface area contributed by atoms with Crippen molar-refractivity contribution in [3.8, 4) is 5.75 Å². The van der Waals surface area contributed by atoms with E-state index in [0.717, 1.165) is 11.0 Å². The molecule has 0 spiro atoms. The highest BCUT2D eigenvalue weighted by Gasteiger charge is 2.15. The van der Waals surface area contributed by atoms with Crippen LogP contribution in [0.2, 0.25) is 0 Å². The Kier molecular flexibility index (Phi) is 4.66. The van der Waals surface area contributed by atoms with E-state index >= 15 is 0 Å². The van der Waals surface area contributed by atoms with Gasteiger partial charge in [0.2, 0.25) is 5.78 Å². The largest absolute Gasteiger partial charge is 0.507 e. The van der Waals surface area contributed by atoms with Crippen molar-refractivity contribution >= 4 is 23.3 Å². The normalized spacial score (nSPS) is 11.5. The molecular weight excluding hydrogens is 330 g/mol. The third-order valence-corrected chi connectivity index (χ3v) is 4.06. The molecule has 0 fully saturated rings. The Morgan fingerprint density at radius 3 is 3.04 bits per heavy atom. The molecule has 2 N–H and O–H groups in total. The zero-order valence-corrected chi connectivity index (χ0v) is 13.4. The number of aromatic nitrogens is 3. The number of furan rings is 1. The summed E-state index contributed by atoms with van der Waals surface area (Å²) in [4.78, 5) is 16.6. The van der Waals surface area contributed by atoms with Crippen LogP contribution in [0, 0.1) is 0 Å². The third kappa shape index (κ3) is 3.49. The molecule has 0 aliphatic carbocycles. The lowest BCUT2D eigenvalue weighted by Gasteiger charge is -2.04. The van der Waals surface area contributed by atoms with Gasteiger partial charge in [0.1, 0.15) is 17.8 Å². The summed E-state index contributed by atoms with van der Waals surface area (Å²) in [6.07, 6.45) is 3.74. The Morgan fingerprint density at radius 1 is 1.42 bits per heavy atom. The molecule has 24 heavy (non-hydrogen) atoms. The van der Waals surface area contributed by atoms with Crippen LogP contribution in [0.1, 0.15) is 16.2 Å². The topological polar surface area (TPSA) is 101 Å². The van der Waals surface area contributed by atoms with Crippen molar-refractivity contribution in [3.63, 3.8) is 0 Å². The van der Waals surface area contributed by atoms with Gasteiger partial charge in [0.05, 0.1) is 18.9 Å². The first-order chi connectivity index (χ1) is 11.7. The lowest BCUT2D eigenvalue weighted by Crippen LogP contribution is -1.99. The van der Waals surface area contributed by atoms with Crippen molar-refractivity contribution in [1.29, 1.82) is 0 Å². The highest BCUT2D eigenvalue weighted by atomic mass is 32.2. The molecule has 2 aromatic heterocycles. The molecule has 7 nitrogen and oxygen atoms in total. The van der Waals surface area contributed by atoms with Gasteiger partial charge in [-0.25, -0.2) is 4.98 Å². The smallest absolute Gasteiger partial charge is 0.226 e. The summed E-state index contributed by atoms with van der Waals surface area (Å²) in [7, 11) is 1.59. The predicted molar refractivity (Wildman–Crippen MR) is 87.1 cm³/mol. The number of H-pyrrole nitrogens is 1. The molecule has 0 saturated heterocycles. The molecule has 0 aliphatic heterocycles. The number of carbonyl (C=O) groups excluding carboxylic acids is 1. The van der Waals surface area contributed by atoms with Crippen LogP contribution < -0.4 is 4.74 Å². The zero-order valence-electron chi connectivity index (χ0n) is 12.6. The van der Waals surface area contributed by atoms with Crippen molar-refractivity contribution < 1.29 is 19.1 Å². The Hall–Kier alpha value is -3.00. The summed E-state index contributed by atoms with van der Waals surface area (Å²) >= 11 is 1.31. The molecule has 0 unspecified atom stereocenters. The molecule has 3 aromatic rings. The standard InChI is InChI=1S/C16H13N3O4S/c1-22-10-3-2-4-11(7-10)24-16-12(5-6-23-16)13(20)8-14(21)15-17-9-18-19-15/h2-9,20H,1H3,(H,17,18,19). The van der Waals surface area contributed by atoms with Gasteiger partial charge in [0, 0.05) is 11.0 Å². The van der Waals surface area contributed by atoms with E-state index in [1.54, 1.807) is 13.2 Å². The fourth-order valence-electron chi connectivity index (χ4n) is 1.93. The first kappa shape index (κ1) is 15.9. The summed E-state index contributed by atoms with van der Waals surface area (Å²) in [5.74, 6) is 0.0690. The number of benzene rings is 1. The number of hydrogen-bond acceptors (Lipinski definition) is 7. The van der Waals surface area contributed by atoms with Gasteiger partial charge in [-0.1, -0.05) is 17.8 Å². The van der Waals surface area contributed by atoms with E-state index in [1.807, 2.05) is 24.3 Å². The minimum Gasteiger partial charge on any atom is -0.507 e. The molecule has 0 aliphatic rings. The second-order valence-corrected chi connectivity index (χ2v) is 5.68. The number of aromatic amines is 1. The summed E-state index contributed by atoms with van der Waals surface area (Å²) in [6, 6.07) is 9.01. The second-order valence-electron chi connectivity index (χ2n) is 4.63. The zero-order chi connectivity index (χ0) is 16.9. The number of nitrogens with one attached hydrogen (secondary N) is 1. The van der Waals surface area contributed by atoms with Crippen molar-refractivity contribution in [1.82, 2.24) is 15.2 Å².